The summed E-state index contributed by atoms with van der Waals surface area (Å²) in [6, 6.07) is 0.837. The Kier molecular flexibility index (Phi) is 3.48. The maximum absolute atomic E-state index is 3.81. The Hall–Kier alpha value is -0.0400. The van der Waals surface area contributed by atoms with Crippen molar-refractivity contribution in [3.05, 3.63) is 0 Å². The van der Waals surface area contributed by atoms with Gasteiger partial charge in [-0.25, -0.2) is 0 Å². The van der Waals surface area contributed by atoms with Gasteiger partial charge in [-0.3, -0.25) is 0 Å². The second-order valence-electron chi connectivity index (χ2n) is 5.65. The van der Waals surface area contributed by atoms with Crippen LogP contribution in [0.2, 0.25) is 0 Å². The van der Waals surface area contributed by atoms with Gasteiger partial charge in [0, 0.05) is 6.04 Å². The lowest BCUT2D eigenvalue weighted by atomic mass is 9.78. The summed E-state index contributed by atoms with van der Waals surface area (Å²) in [6.45, 7) is 6.08. The summed E-state index contributed by atoms with van der Waals surface area (Å²) in [4.78, 5) is 0. The molecule has 2 fully saturated rings. The minimum absolute atomic E-state index is 0.837. The Balaban J connectivity index is 1.78. The molecule has 0 bridgehead atoms. The van der Waals surface area contributed by atoms with Crippen molar-refractivity contribution in [2.45, 2.75) is 58.4 Å². The maximum Gasteiger partial charge on any atom is 0.00978 e. The normalized spacial score (nSPS) is 33.6. The first kappa shape index (κ1) is 10.5. The summed E-state index contributed by atoms with van der Waals surface area (Å²) in [6.07, 6.45) is 8.75. The van der Waals surface area contributed by atoms with E-state index in [2.05, 4.69) is 19.2 Å². The van der Waals surface area contributed by atoms with Crippen LogP contribution in [-0.4, -0.2) is 12.6 Å². The van der Waals surface area contributed by atoms with Crippen LogP contribution >= 0.6 is 0 Å². The second kappa shape index (κ2) is 4.65. The molecule has 2 aliphatic rings. The molecule has 0 heterocycles. The van der Waals surface area contributed by atoms with E-state index in [9.17, 15) is 0 Å². The number of hydrogen-bond donors (Lipinski definition) is 1. The molecule has 82 valence electrons. The molecular weight excluding hydrogens is 170 g/mol. The van der Waals surface area contributed by atoms with Crippen molar-refractivity contribution in [1.82, 2.24) is 5.32 Å². The fourth-order valence-electron chi connectivity index (χ4n) is 2.85. The molecule has 0 aromatic heterocycles. The van der Waals surface area contributed by atoms with Crippen molar-refractivity contribution in [3.8, 4) is 0 Å². The molecule has 0 radical (unpaired) electrons. The van der Waals surface area contributed by atoms with E-state index in [-0.39, 0.29) is 0 Å². The molecule has 1 heteroatoms. The number of rotatable bonds is 4. The first-order chi connectivity index (χ1) is 6.77. The van der Waals surface area contributed by atoms with Crippen LogP contribution in [0.5, 0.6) is 0 Å². The van der Waals surface area contributed by atoms with Gasteiger partial charge < -0.3 is 5.32 Å². The van der Waals surface area contributed by atoms with Crippen molar-refractivity contribution in [2.75, 3.05) is 6.54 Å². The fraction of sp³-hybridized carbons (Fsp3) is 1.00. The molecule has 1 nitrogen and oxygen atoms in total. The van der Waals surface area contributed by atoms with Gasteiger partial charge in [0.05, 0.1) is 0 Å². The summed E-state index contributed by atoms with van der Waals surface area (Å²) < 4.78 is 0. The second-order valence-corrected chi connectivity index (χ2v) is 5.65. The van der Waals surface area contributed by atoms with Crippen LogP contribution in [0.4, 0.5) is 0 Å². The maximum atomic E-state index is 3.81. The summed E-state index contributed by atoms with van der Waals surface area (Å²) in [5, 5.41) is 3.81. The quantitative estimate of drug-likeness (QED) is 0.726. The van der Waals surface area contributed by atoms with E-state index >= 15 is 0 Å². The molecule has 2 unspecified atom stereocenters. The standard InChI is InChI=1S/C13H25N/c1-10(2)12-5-3-4-6-13(12)14-9-11-7-8-11/h10-14H,3-9H2,1-2H3. The van der Waals surface area contributed by atoms with Crippen molar-refractivity contribution < 1.29 is 0 Å². The van der Waals surface area contributed by atoms with Crippen LogP contribution in [0.15, 0.2) is 0 Å². The first-order valence-electron chi connectivity index (χ1n) is 6.50. The third-order valence-electron chi connectivity index (χ3n) is 4.04. The highest BCUT2D eigenvalue weighted by Crippen LogP contribution is 2.32. The predicted octanol–water partition coefficient (Wildman–Crippen LogP) is 3.20. The van der Waals surface area contributed by atoms with Gasteiger partial charge in [0.1, 0.15) is 0 Å². The monoisotopic (exact) mass is 195 g/mol. The molecule has 1 N–H and O–H groups in total. The topological polar surface area (TPSA) is 12.0 Å². The van der Waals surface area contributed by atoms with Crippen LogP contribution < -0.4 is 5.32 Å². The molecule has 0 aromatic rings. The van der Waals surface area contributed by atoms with Gasteiger partial charge in [0.25, 0.3) is 0 Å². The lowest BCUT2D eigenvalue weighted by molar-refractivity contribution is 0.204. The van der Waals surface area contributed by atoms with E-state index in [4.69, 9.17) is 0 Å². The minimum atomic E-state index is 0.837. The molecule has 0 amide bonds. The Bertz CT molecular complexity index is 172. The summed E-state index contributed by atoms with van der Waals surface area (Å²) >= 11 is 0. The van der Waals surface area contributed by atoms with Gasteiger partial charge in [0.2, 0.25) is 0 Å². The third kappa shape index (κ3) is 2.73. The number of nitrogens with one attached hydrogen (secondary N) is 1. The summed E-state index contributed by atoms with van der Waals surface area (Å²) in [5.41, 5.74) is 0. The smallest absolute Gasteiger partial charge is 0.00978 e. The molecular formula is C13H25N. The van der Waals surface area contributed by atoms with Gasteiger partial charge in [-0.15, -0.1) is 0 Å². The third-order valence-corrected chi connectivity index (χ3v) is 4.04. The SMILES string of the molecule is CC(C)C1CCCCC1NCC1CC1. The Morgan fingerprint density at radius 2 is 1.79 bits per heavy atom. The average molecular weight is 195 g/mol. The van der Waals surface area contributed by atoms with Gasteiger partial charge in [-0.05, 0) is 50.0 Å². The Labute approximate surface area is 88.7 Å². The highest BCUT2D eigenvalue weighted by molar-refractivity contribution is 4.85. The van der Waals surface area contributed by atoms with Crippen molar-refractivity contribution in [2.24, 2.45) is 17.8 Å². The lowest BCUT2D eigenvalue weighted by Gasteiger charge is -2.35. The van der Waals surface area contributed by atoms with Crippen molar-refractivity contribution in [3.63, 3.8) is 0 Å². The molecule has 0 saturated heterocycles. The van der Waals surface area contributed by atoms with Crippen molar-refractivity contribution >= 4 is 0 Å². The van der Waals surface area contributed by atoms with Crippen molar-refractivity contribution in [1.29, 1.82) is 0 Å². The largest absolute Gasteiger partial charge is 0.313 e. The van der Waals surface area contributed by atoms with E-state index in [1.807, 2.05) is 0 Å². The molecule has 0 spiro atoms. The van der Waals surface area contributed by atoms with Crippen LogP contribution in [-0.2, 0) is 0 Å². The summed E-state index contributed by atoms with van der Waals surface area (Å²) in [5.74, 6) is 2.85. The molecule has 0 aliphatic heterocycles. The molecule has 2 rings (SSSR count). The fourth-order valence-corrected chi connectivity index (χ4v) is 2.85. The molecule has 14 heavy (non-hydrogen) atoms. The Morgan fingerprint density at radius 1 is 1.07 bits per heavy atom. The van der Waals surface area contributed by atoms with E-state index < -0.39 is 0 Å². The average Bonchev–Trinajstić information content (AvgIpc) is 2.98. The van der Waals surface area contributed by atoms with E-state index in [1.165, 1.54) is 45.1 Å². The zero-order valence-electron chi connectivity index (χ0n) is 9.76. The molecule has 2 saturated carbocycles. The van der Waals surface area contributed by atoms with Gasteiger partial charge in [0.15, 0.2) is 0 Å². The zero-order chi connectivity index (χ0) is 9.97. The molecule has 0 aromatic carbocycles. The van der Waals surface area contributed by atoms with E-state index in [1.54, 1.807) is 0 Å². The zero-order valence-corrected chi connectivity index (χ0v) is 9.76. The minimum Gasteiger partial charge on any atom is -0.313 e. The predicted molar refractivity (Wildman–Crippen MR) is 61.3 cm³/mol. The van der Waals surface area contributed by atoms with Gasteiger partial charge in [-0.1, -0.05) is 26.7 Å². The van der Waals surface area contributed by atoms with Crippen LogP contribution in [0.1, 0.15) is 52.4 Å². The highest BCUT2D eigenvalue weighted by Gasteiger charge is 2.29. The van der Waals surface area contributed by atoms with E-state index in [0.29, 0.717) is 0 Å². The van der Waals surface area contributed by atoms with Crippen LogP contribution in [0.25, 0.3) is 0 Å². The first-order valence-corrected chi connectivity index (χ1v) is 6.50. The van der Waals surface area contributed by atoms with Crippen LogP contribution in [0.3, 0.4) is 0 Å². The lowest BCUT2D eigenvalue weighted by Crippen LogP contribution is -2.41. The van der Waals surface area contributed by atoms with Gasteiger partial charge in [-0.2, -0.15) is 0 Å². The molecule has 2 atom stereocenters. The molecule has 2 aliphatic carbocycles. The van der Waals surface area contributed by atoms with Crippen LogP contribution in [0, 0.1) is 17.8 Å². The summed E-state index contributed by atoms with van der Waals surface area (Å²) in [7, 11) is 0. The highest BCUT2D eigenvalue weighted by atomic mass is 14.9. The van der Waals surface area contributed by atoms with E-state index in [0.717, 1.165) is 23.8 Å². The van der Waals surface area contributed by atoms with Gasteiger partial charge >= 0.3 is 0 Å². The number of hydrogen-bond acceptors (Lipinski definition) is 1. The Morgan fingerprint density at radius 3 is 2.43 bits per heavy atom.